The zero-order valence-corrected chi connectivity index (χ0v) is 17.1. The van der Waals surface area contributed by atoms with E-state index in [1.807, 2.05) is 6.07 Å². The van der Waals surface area contributed by atoms with Gasteiger partial charge in [0.2, 0.25) is 5.89 Å². The number of hydrogen-bond donors (Lipinski definition) is 0. The maximum atomic E-state index is 12.6. The Balaban J connectivity index is 1.38. The molecule has 9 nitrogen and oxygen atoms in total. The Morgan fingerprint density at radius 2 is 2.06 bits per heavy atom. The van der Waals surface area contributed by atoms with E-state index in [1.165, 1.54) is 14.8 Å². The number of aryl methyl sites for hydroxylation is 2. The van der Waals surface area contributed by atoms with Crippen molar-refractivity contribution >= 4 is 10.9 Å². The van der Waals surface area contributed by atoms with Crippen LogP contribution in [0.4, 0.5) is 0 Å². The molecule has 4 heterocycles. The van der Waals surface area contributed by atoms with Crippen LogP contribution in [-0.2, 0) is 18.3 Å². The summed E-state index contributed by atoms with van der Waals surface area (Å²) in [5.74, 6) is 0.934. The molecule has 0 bridgehead atoms. The summed E-state index contributed by atoms with van der Waals surface area (Å²) in [7, 11) is 1.65. The van der Waals surface area contributed by atoms with Crippen molar-refractivity contribution in [2.24, 2.45) is 7.05 Å². The first-order valence-electron chi connectivity index (χ1n) is 10.0. The summed E-state index contributed by atoms with van der Waals surface area (Å²) >= 11 is 0. The van der Waals surface area contributed by atoms with Crippen molar-refractivity contribution in [3.63, 3.8) is 0 Å². The molecule has 156 valence electrons. The fraction of sp³-hybridized carbons (Fsp3) is 0.318. The van der Waals surface area contributed by atoms with Crippen LogP contribution >= 0.6 is 0 Å². The first kappa shape index (κ1) is 19.2. The summed E-state index contributed by atoms with van der Waals surface area (Å²) in [5, 5.41) is 18.3. The molecule has 0 radical (unpaired) electrons. The van der Waals surface area contributed by atoms with E-state index < -0.39 is 0 Å². The Labute approximate surface area is 177 Å². The molecule has 0 aliphatic carbocycles. The van der Waals surface area contributed by atoms with Gasteiger partial charge in [-0.15, -0.1) is 0 Å². The minimum Gasteiger partial charge on any atom is -0.373 e. The number of fused-ring (bicyclic) bond motifs is 1. The molecule has 0 saturated carbocycles. The van der Waals surface area contributed by atoms with Crippen LogP contribution in [0, 0.1) is 18.3 Å². The van der Waals surface area contributed by atoms with Gasteiger partial charge >= 0.3 is 0 Å². The van der Waals surface area contributed by atoms with E-state index in [2.05, 4.69) is 46.4 Å². The maximum Gasteiger partial charge on any atom is 0.276 e. The van der Waals surface area contributed by atoms with Crippen molar-refractivity contribution < 1.29 is 9.26 Å². The Morgan fingerprint density at radius 1 is 1.26 bits per heavy atom. The van der Waals surface area contributed by atoms with Gasteiger partial charge in [-0.3, -0.25) is 4.79 Å². The summed E-state index contributed by atoms with van der Waals surface area (Å²) < 4.78 is 14.3. The van der Waals surface area contributed by atoms with Crippen molar-refractivity contribution in [1.82, 2.24) is 24.5 Å². The van der Waals surface area contributed by atoms with Crippen molar-refractivity contribution in [2.75, 3.05) is 6.61 Å². The summed E-state index contributed by atoms with van der Waals surface area (Å²) in [5.41, 5.74) is 2.64. The second kappa shape index (κ2) is 7.49. The molecule has 31 heavy (non-hydrogen) atoms. The third-order valence-corrected chi connectivity index (χ3v) is 5.66. The summed E-state index contributed by atoms with van der Waals surface area (Å²) in [4.78, 5) is 17.1. The molecular formula is C22H20N6O3. The lowest BCUT2D eigenvalue weighted by Crippen LogP contribution is -2.19. The van der Waals surface area contributed by atoms with E-state index in [0.717, 1.165) is 12.0 Å². The molecule has 1 saturated heterocycles. The van der Waals surface area contributed by atoms with Crippen molar-refractivity contribution in [2.45, 2.75) is 31.9 Å². The number of hydrogen-bond acceptors (Lipinski definition) is 7. The van der Waals surface area contributed by atoms with Crippen LogP contribution in [0.15, 0.2) is 45.8 Å². The summed E-state index contributed by atoms with van der Waals surface area (Å²) in [6, 6.07) is 12.1. The SMILES string of the molecule is Cc1ccc([C@H]2C[C@H](c3noc(Cn4nc(C#N)c5ccn(C)c(=O)c54)n3)CO2)cc1. The number of rotatable bonds is 4. The number of pyridine rings is 1. The maximum absolute atomic E-state index is 12.6. The van der Waals surface area contributed by atoms with E-state index in [9.17, 15) is 10.1 Å². The van der Waals surface area contributed by atoms with Gasteiger partial charge in [0, 0.05) is 24.5 Å². The first-order chi connectivity index (χ1) is 15.0. The average molecular weight is 416 g/mol. The highest BCUT2D eigenvalue weighted by Crippen LogP contribution is 2.37. The standard InChI is InChI=1S/C22H20N6O3/c1-13-3-5-14(6-4-13)18-9-15(12-30-18)21-24-19(31-26-21)11-28-20-16(17(10-23)25-28)7-8-27(2)22(20)29/h3-8,15,18H,9,11-12H2,1-2H3/t15-,18+/m0/s1. The third kappa shape index (κ3) is 3.41. The van der Waals surface area contributed by atoms with Crippen LogP contribution in [0.5, 0.6) is 0 Å². The van der Waals surface area contributed by atoms with Crippen LogP contribution in [-0.4, -0.2) is 31.1 Å². The predicted octanol–water partition coefficient (Wildman–Crippen LogP) is 2.59. The lowest BCUT2D eigenvalue weighted by molar-refractivity contribution is 0.110. The molecule has 1 aliphatic heterocycles. The van der Waals surface area contributed by atoms with Crippen LogP contribution < -0.4 is 5.56 Å². The number of aromatic nitrogens is 5. The Morgan fingerprint density at radius 3 is 2.84 bits per heavy atom. The van der Waals surface area contributed by atoms with Crippen molar-refractivity contribution in [3.05, 3.63) is 75.4 Å². The Bertz CT molecular complexity index is 1360. The molecule has 9 heteroatoms. The van der Waals surface area contributed by atoms with Gasteiger partial charge in [-0.05, 0) is 25.0 Å². The monoisotopic (exact) mass is 416 g/mol. The molecule has 1 aliphatic rings. The zero-order valence-electron chi connectivity index (χ0n) is 17.1. The van der Waals surface area contributed by atoms with E-state index >= 15 is 0 Å². The quantitative estimate of drug-likeness (QED) is 0.503. The number of benzene rings is 1. The van der Waals surface area contributed by atoms with Gasteiger partial charge in [-0.2, -0.15) is 15.3 Å². The van der Waals surface area contributed by atoms with E-state index in [-0.39, 0.29) is 29.8 Å². The van der Waals surface area contributed by atoms with Gasteiger partial charge in [-0.1, -0.05) is 35.0 Å². The van der Waals surface area contributed by atoms with Gasteiger partial charge in [0.1, 0.15) is 18.1 Å². The highest BCUT2D eigenvalue weighted by atomic mass is 16.5. The molecule has 2 atom stereocenters. The van der Waals surface area contributed by atoms with Gasteiger partial charge in [-0.25, -0.2) is 4.68 Å². The lowest BCUT2D eigenvalue weighted by atomic mass is 9.99. The molecule has 0 unspecified atom stereocenters. The lowest BCUT2D eigenvalue weighted by Gasteiger charge is -2.09. The fourth-order valence-corrected chi connectivity index (χ4v) is 3.92. The predicted molar refractivity (Wildman–Crippen MR) is 110 cm³/mol. The van der Waals surface area contributed by atoms with E-state index in [1.54, 1.807) is 19.3 Å². The largest absolute Gasteiger partial charge is 0.373 e. The molecule has 1 fully saturated rings. The molecule has 4 aromatic rings. The molecule has 5 rings (SSSR count). The molecule has 0 amide bonds. The summed E-state index contributed by atoms with van der Waals surface area (Å²) in [6.45, 7) is 2.68. The fourth-order valence-electron chi connectivity index (χ4n) is 3.92. The van der Waals surface area contributed by atoms with E-state index in [0.29, 0.717) is 29.2 Å². The number of nitriles is 1. The molecular weight excluding hydrogens is 396 g/mol. The Hall–Kier alpha value is -3.77. The van der Waals surface area contributed by atoms with Crippen LogP contribution in [0.2, 0.25) is 0 Å². The molecule has 0 spiro atoms. The van der Waals surface area contributed by atoms with Crippen molar-refractivity contribution in [1.29, 1.82) is 5.26 Å². The van der Waals surface area contributed by atoms with Gasteiger partial charge in [0.25, 0.3) is 5.56 Å². The zero-order chi connectivity index (χ0) is 21.5. The average Bonchev–Trinajstić information content (AvgIpc) is 3.50. The number of nitrogens with zero attached hydrogens (tertiary/aromatic N) is 6. The van der Waals surface area contributed by atoms with Crippen molar-refractivity contribution in [3.8, 4) is 6.07 Å². The molecule has 0 N–H and O–H groups in total. The van der Waals surface area contributed by atoms with Gasteiger partial charge < -0.3 is 13.8 Å². The van der Waals surface area contributed by atoms with Crippen LogP contribution in [0.3, 0.4) is 0 Å². The first-order valence-corrected chi connectivity index (χ1v) is 10.0. The highest BCUT2D eigenvalue weighted by Gasteiger charge is 2.31. The minimum absolute atomic E-state index is 0.00353. The highest BCUT2D eigenvalue weighted by molar-refractivity contribution is 5.83. The van der Waals surface area contributed by atoms with Gasteiger partial charge in [0.05, 0.1) is 12.7 Å². The third-order valence-electron chi connectivity index (χ3n) is 5.66. The van der Waals surface area contributed by atoms with Gasteiger partial charge in [0.15, 0.2) is 11.5 Å². The topological polar surface area (TPSA) is 112 Å². The smallest absolute Gasteiger partial charge is 0.276 e. The molecule has 1 aromatic carbocycles. The number of ether oxygens (including phenoxy) is 1. The summed E-state index contributed by atoms with van der Waals surface area (Å²) in [6.07, 6.45) is 2.39. The van der Waals surface area contributed by atoms with Crippen LogP contribution in [0.25, 0.3) is 10.9 Å². The second-order valence-corrected chi connectivity index (χ2v) is 7.82. The Kier molecular flexibility index (Phi) is 4.64. The normalized spacial score (nSPS) is 18.5. The second-order valence-electron chi connectivity index (χ2n) is 7.82. The minimum atomic E-state index is -0.239. The van der Waals surface area contributed by atoms with Crippen LogP contribution in [0.1, 0.15) is 47.0 Å². The molecule has 3 aromatic heterocycles. The van der Waals surface area contributed by atoms with E-state index in [4.69, 9.17) is 9.26 Å².